The molecule has 0 aromatic heterocycles. The molecule has 0 amide bonds. The molecule has 0 aromatic carbocycles. The first-order valence-electron chi connectivity index (χ1n) is 23.8. The molecule has 0 rings (SSSR count). The van der Waals surface area contributed by atoms with E-state index in [0.717, 1.165) is 56.4 Å². The monoisotopic (exact) mass is 747 g/mol. The average molecular weight is 747 g/mol. The van der Waals surface area contributed by atoms with Crippen LogP contribution >= 0.6 is 0 Å². The highest BCUT2D eigenvalue weighted by Crippen LogP contribution is 2.14. The van der Waals surface area contributed by atoms with E-state index in [1.807, 2.05) is 0 Å². The van der Waals surface area contributed by atoms with Crippen molar-refractivity contribution in [2.45, 2.75) is 238 Å². The van der Waals surface area contributed by atoms with Gasteiger partial charge in [-0.3, -0.25) is 0 Å². The van der Waals surface area contributed by atoms with E-state index in [4.69, 9.17) is 9.47 Å². The number of nitrogens with zero attached hydrogens (tertiary/aromatic N) is 1. The van der Waals surface area contributed by atoms with Crippen LogP contribution in [0.4, 0.5) is 0 Å². The first-order valence-corrected chi connectivity index (χ1v) is 23.8. The van der Waals surface area contributed by atoms with Crippen molar-refractivity contribution in [2.75, 3.05) is 47.0 Å². The lowest BCUT2D eigenvalue weighted by molar-refractivity contribution is -0.893. The Labute approximate surface area is 333 Å². The molecule has 0 aliphatic heterocycles. The fraction of sp³-hybridized carbons (Fsp3) is 0.898. The number of hydrogen-bond acceptors (Lipinski definition) is 3. The van der Waals surface area contributed by atoms with Gasteiger partial charge in [-0.15, -0.1) is 0 Å². The molecule has 0 fully saturated rings. The molecule has 0 saturated carbocycles. The number of carbonyl (C=O) groups excluding carboxylic acids is 1. The van der Waals surface area contributed by atoms with Gasteiger partial charge in [0.05, 0.1) is 27.2 Å². The Kier molecular flexibility index (Phi) is 43.0. The molecule has 0 N–H and O–H groups in total. The fourth-order valence-electron chi connectivity index (χ4n) is 7.36. The number of hydrogen-bond donors (Lipinski definition) is 0. The summed E-state index contributed by atoms with van der Waals surface area (Å²) in [5.41, 5.74) is 0. The molecule has 0 heterocycles. The molecule has 0 saturated heterocycles. The Balaban J connectivity index is 4.14. The Morgan fingerprint density at radius 2 is 0.792 bits per heavy atom. The third kappa shape index (κ3) is 43.6. The molecule has 0 aromatic rings. The SMILES string of the molecule is CCCCCCCCC=CCCCCCCCCOCC(C[N+](C)(C)CCCCCCCC=O)OCCCCCCCCC=CCCCCCCCC. The Bertz CT molecular complexity index is 763. The van der Waals surface area contributed by atoms with Crippen LogP contribution in [-0.2, 0) is 14.3 Å². The maximum absolute atomic E-state index is 10.6. The third-order valence-corrected chi connectivity index (χ3v) is 10.9. The number of rotatable bonds is 45. The second-order valence-corrected chi connectivity index (χ2v) is 17.0. The molecule has 53 heavy (non-hydrogen) atoms. The normalized spacial score (nSPS) is 12.8. The van der Waals surface area contributed by atoms with Crippen LogP contribution in [0.3, 0.4) is 0 Å². The lowest BCUT2D eigenvalue weighted by atomic mass is 10.1. The zero-order valence-corrected chi connectivity index (χ0v) is 36.7. The van der Waals surface area contributed by atoms with Gasteiger partial charge in [-0.2, -0.15) is 0 Å². The molecular formula is C49H96NO3+. The van der Waals surface area contributed by atoms with Crippen molar-refractivity contribution in [1.29, 1.82) is 0 Å². The molecule has 4 heteroatoms. The second-order valence-electron chi connectivity index (χ2n) is 17.0. The molecule has 0 aliphatic rings. The number of ether oxygens (including phenoxy) is 2. The molecule has 4 nitrogen and oxygen atoms in total. The van der Waals surface area contributed by atoms with Crippen molar-refractivity contribution in [1.82, 2.24) is 0 Å². The van der Waals surface area contributed by atoms with Gasteiger partial charge in [0.25, 0.3) is 0 Å². The third-order valence-electron chi connectivity index (χ3n) is 10.9. The zero-order chi connectivity index (χ0) is 38.6. The van der Waals surface area contributed by atoms with Gasteiger partial charge in [-0.25, -0.2) is 0 Å². The molecule has 0 radical (unpaired) electrons. The van der Waals surface area contributed by atoms with Crippen LogP contribution in [0.2, 0.25) is 0 Å². The topological polar surface area (TPSA) is 35.5 Å². The van der Waals surface area contributed by atoms with Gasteiger partial charge in [0, 0.05) is 19.6 Å². The van der Waals surface area contributed by atoms with E-state index in [1.54, 1.807) is 0 Å². The van der Waals surface area contributed by atoms with Crippen molar-refractivity contribution < 1.29 is 18.8 Å². The van der Waals surface area contributed by atoms with E-state index in [1.165, 1.54) is 206 Å². The Morgan fingerprint density at radius 1 is 0.434 bits per heavy atom. The van der Waals surface area contributed by atoms with Crippen molar-refractivity contribution in [3.8, 4) is 0 Å². The quantitative estimate of drug-likeness (QED) is 0.0269. The smallest absolute Gasteiger partial charge is 0.130 e. The number of carbonyl (C=O) groups is 1. The van der Waals surface area contributed by atoms with Gasteiger partial charge in [-0.05, 0) is 83.5 Å². The number of unbranched alkanes of at least 4 members (excludes halogenated alkanes) is 29. The summed E-state index contributed by atoms with van der Waals surface area (Å²) in [6.45, 7) is 9.23. The number of aldehydes is 1. The van der Waals surface area contributed by atoms with Crippen LogP contribution in [0, 0.1) is 0 Å². The highest BCUT2D eigenvalue weighted by molar-refractivity contribution is 5.48. The van der Waals surface area contributed by atoms with Gasteiger partial charge in [0.2, 0.25) is 0 Å². The van der Waals surface area contributed by atoms with E-state index in [2.05, 4.69) is 52.2 Å². The molecule has 0 spiro atoms. The summed E-state index contributed by atoms with van der Waals surface area (Å²) in [7, 11) is 4.72. The van der Waals surface area contributed by atoms with Gasteiger partial charge in [0.15, 0.2) is 0 Å². The minimum absolute atomic E-state index is 0.176. The minimum atomic E-state index is 0.176. The summed E-state index contributed by atoms with van der Waals surface area (Å²) in [6, 6.07) is 0. The molecular weight excluding hydrogens is 651 g/mol. The summed E-state index contributed by atoms with van der Waals surface area (Å²) in [5.74, 6) is 0. The highest BCUT2D eigenvalue weighted by Gasteiger charge is 2.23. The van der Waals surface area contributed by atoms with Gasteiger partial charge in [-0.1, -0.05) is 167 Å². The molecule has 1 atom stereocenters. The maximum Gasteiger partial charge on any atom is 0.130 e. The number of likely N-dealkylation sites (N-methyl/N-ethyl adjacent to an activating group) is 1. The molecule has 0 aliphatic carbocycles. The maximum atomic E-state index is 10.6. The number of quaternary nitrogens is 1. The van der Waals surface area contributed by atoms with E-state index in [-0.39, 0.29) is 6.10 Å². The van der Waals surface area contributed by atoms with Crippen LogP contribution in [-0.4, -0.2) is 63.9 Å². The standard InChI is InChI=1S/C49H96NO3/c1-5-7-9-11-13-15-17-19-21-23-25-27-29-33-37-41-45-52-48-49(47-50(3,4)43-39-35-31-32-36-40-44-51)53-46-42-38-34-30-28-26-24-22-20-18-16-14-12-10-8-6-2/h19-22,44,49H,5-18,23-43,45-48H2,1-4H3/q+1. The fourth-order valence-corrected chi connectivity index (χ4v) is 7.36. The van der Waals surface area contributed by atoms with Gasteiger partial charge >= 0.3 is 0 Å². The van der Waals surface area contributed by atoms with Crippen LogP contribution in [0.15, 0.2) is 24.3 Å². The van der Waals surface area contributed by atoms with Crippen LogP contribution in [0.25, 0.3) is 0 Å². The van der Waals surface area contributed by atoms with Crippen molar-refractivity contribution in [2.24, 2.45) is 0 Å². The van der Waals surface area contributed by atoms with Crippen LogP contribution in [0.1, 0.15) is 232 Å². The Hall–Kier alpha value is -0.970. The summed E-state index contributed by atoms with van der Waals surface area (Å²) in [6.07, 6.45) is 55.1. The predicted molar refractivity (Wildman–Crippen MR) is 235 cm³/mol. The Morgan fingerprint density at radius 3 is 1.23 bits per heavy atom. The zero-order valence-electron chi connectivity index (χ0n) is 36.7. The first kappa shape index (κ1) is 52.0. The van der Waals surface area contributed by atoms with Crippen molar-refractivity contribution in [3.63, 3.8) is 0 Å². The van der Waals surface area contributed by atoms with Crippen molar-refractivity contribution in [3.05, 3.63) is 24.3 Å². The largest absolute Gasteiger partial charge is 0.379 e. The van der Waals surface area contributed by atoms with Crippen LogP contribution < -0.4 is 0 Å². The minimum Gasteiger partial charge on any atom is -0.379 e. The molecule has 1 unspecified atom stereocenters. The molecule has 0 bridgehead atoms. The average Bonchev–Trinajstić information content (AvgIpc) is 3.15. The first-order chi connectivity index (χ1) is 26.1. The van der Waals surface area contributed by atoms with Gasteiger partial charge in [0.1, 0.15) is 18.9 Å². The predicted octanol–water partition coefficient (Wildman–Crippen LogP) is 15.1. The lowest BCUT2D eigenvalue weighted by Crippen LogP contribution is -2.48. The van der Waals surface area contributed by atoms with Crippen molar-refractivity contribution >= 4 is 6.29 Å². The van der Waals surface area contributed by atoms with E-state index in [0.29, 0.717) is 0 Å². The highest BCUT2D eigenvalue weighted by atomic mass is 16.5. The lowest BCUT2D eigenvalue weighted by Gasteiger charge is -2.33. The summed E-state index contributed by atoms with van der Waals surface area (Å²) in [4.78, 5) is 10.6. The van der Waals surface area contributed by atoms with E-state index in [9.17, 15) is 4.79 Å². The second kappa shape index (κ2) is 43.8. The van der Waals surface area contributed by atoms with E-state index >= 15 is 0 Å². The summed E-state index contributed by atoms with van der Waals surface area (Å²) >= 11 is 0. The molecule has 314 valence electrons. The summed E-state index contributed by atoms with van der Waals surface area (Å²) in [5, 5.41) is 0. The van der Waals surface area contributed by atoms with Crippen LogP contribution in [0.5, 0.6) is 0 Å². The van der Waals surface area contributed by atoms with Gasteiger partial charge < -0.3 is 18.8 Å². The number of allylic oxidation sites excluding steroid dienone is 4. The summed E-state index contributed by atoms with van der Waals surface area (Å²) < 4.78 is 13.8. The van der Waals surface area contributed by atoms with E-state index < -0.39 is 0 Å².